The van der Waals surface area contributed by atoms with Crippen molar-refractivity contribution in [1.29, 1.82) is 0 Å². The number of nitrogens with zero attached hydrogens (tertiary/aromatic N) is 1. The summed E-state index contributed by atoms with van der Waals surface area (Å²) in [5.41, 5.74) is 4.35. The Hall–Kier alpha value is -3.51. The molecule has 3 aromatic carbocycles. The maximum atomic E-state index is 12.5. The highest BCUT2D eigenvalue weighted by Crippen LogP contribution is 2.35. The molecule has 156 valence electrons. The lowest BCUT2D eigenvalue weighted by atomic mass is 10.1. The zero-order valence-corrected chi connectivity index (χ0v) is 18.1. The number of carbonyl (C=O) groups is 1. The van der Waals surface area contributed by atoms with Gasteiger partial charge in [-0.15, -0.1) is 0 Å². The Morgan fingerprint density at radius 1 is 1.00 bits per heavy atom. The fraction of sp³-hybridized carbons (Fsp3) is 0.120. The van der Waals surface area contributed by atoms with E-state index in [0.29, 0.717) is 22.4 Å². The Bertz CT molecular complexity index is 1120. The summed E-state index contributed by atoms with van der Waals surface area (Å²) in [4.78, 5) is 17.2. The maximum Gasteiger partial charge on any atom is 0.257 e. The van der Waals surface area contributed by atoms with E-state index in [9.17, 15) is 4.79 Å². The third kappa shape index (κ3) is 4.98. The van der Waals surface area contributed by atoms with E-state index >= 15 is 0 Å². The van der Waals surface area contributed by atoms with Crippen LogP contribution < -0.4 is 10.1 Å². The number of ether oxygens (including phenoxy) is 1. The summed E-state index contributed by atoms with van der Waals surface area (Å²) in [6, 6.07) is 25.4. The van der Waals surface area contributed by atoms with Crippen LogP contribution in [0.3, 0.4) is 0 Å². The summed E-state index contributed by atoms with van der Waals surface area (Å²) in [6.07, 6.45) is 0. The molecule has 0 aliphatic heterocycles. The second-order valence-electron chi connectivity index (χ2n) is 6.93. The van der Waals surface area contributed by atoms with Crippen molar-refractivity contribution in [2.75, 3.05) is 18.2 Å². The Kier molecular flexibility index (Phi) is 6.38. The van der Waals surface area contributed by atoms with Crippen molar-refractivity contribution in [3.05, 3.63) is 84.4 Å². The number of carbonyl (C=O) groups excluding carboxylic acids is 1. The first-order valence-electron chi connectivity index (χ1n) is 9.83. The van der Waals surface area contributed by atoms with Crippen molar-refractivity contribution in [2.45, 2.75) is 12.1 Å². The zero-order chi connectivity index (χ0) is 21.6. The van der Waals surface area contributed by atoms with E-state index in [1.54, 1.807) is 7.11 Å². The lowest BCUT2D eigenvalue weighted by Crippen LogP contribution is -2.14. The van der Waals surface area contributed by atoms with Crippen LogP contribution in [0.1, 0.15) is 5.56 Å². The van der Waals surface area contributed by atoms with Crippen molar-refractivity contribution in [1.82, 2.24) is 4.98 Å². The van der Waals surface area contributed by atoms with Gasteiger partial charge in [0.05, 0.1) is 18.6 Å². The second kappa shape index (κ2) is 9.53. The van der Waals surface area contributed by atoms with Gasteiger partial charge in [-0.25, -0.2) is 4.98 Å². The molecule has 0 aliphatic carbocycles. The molecule has 1 N–H and O–H groups in total. The van der Waals surface area contributed by atoms with Gasteiger partial charge < -0.3 is 14.5 Å². The highest BCUT2D eigenvalue weighted by Gasteiger charge is 2.18. The maximum absolute atomic E-state index is 12.5. The Balaban J connectivity index is 1.53. The first kappa shape index (κ1) is 20.8. The molecule has 6 heteroatoms. The smallest absolute Gasteiger partial charge is 0.257 e. The molecule has 0 saturated heterocycles. The summed E-state index contributed by atoms with van der Waals surface area (Å²) in [7, 11) is 1.58. The summed E-state index contributed by atoms with van der Waals surface area (Å²) >= 11 is 1.26. The number of thioether (sulfide) groups is 1. The number of hydrogen-bond acceptors (Lipinski definition) is 5. The van der Waals surface area contributed by atoms with Crippen LogP contribution in [-0.2, 0) is 4.79 Å². The van der Waals surface area contributed by atoms with Crippen molar-refractivity contribution in [2.24, 2.45) is 0 Å². The normalized spacial score (nSPS) is 10.6. The molecule has 0 unspecified atom stereocenters. The molecular formula is C25H22N2O3S. The summed E-state index contributed by atoms with van der Waals surface area (Å²) in [5, 5.41) is 3.35. The number of methoxy groups -OCH3 is 1. The van der Waals surface area contributed by atoms with Crippen LogP contribution in [0.25, 0.3) is 22.6 Å². The lowest BCUT2D eigenvalue weighted by molar-refractivity contribution is -0.113. The molecule has 1 heterocycles. The number of rotatable bonds is 7. The van der Waals surface area contributed by atoms with E-state index in [0.717, 1.165) is 22.4 Å². The molecule has 1 amide bonds. The van der Waals surface area contributed by atoms with Gasteiger partial charge in [0.25, 0.3) is 5.22 Å². The number of oxazole rings is 1. The minimum atomic E-state index is -0.158. The fourth-order valence-corrected chi connectivity index (χ4v) is 3.80. The number of benzene rings is 3. The van der Waals surface area contributed by atoms with Crippen molar-refractivity contribution >= 4 is 23.4 Å². The van der Waals surface area contributed by atoms with Crippen LogP contribution in [0.2, 0.25) is 0 Å². The van der Waals surface area contributed by atoms with Crippen LogP contribution in [0, 0.1) is 6.92 Å². The lowest BCUT2D eigenvalue weighted by Gasteiger charge is -2.10. The Morgan fingerprint density at radius 3 is 2.35 bits per heavy atom. The zero-order valence-electron chi connectivity index (χ0n) is 17.3. The van der Waals surface area contributed by atoms with Gasteiger partial charge in [0.15, 0.2) is 5.76 Å². The molecule has 1 aromatic heterocycles. The molecule has 5 nitrogen and oxygen atoms in total. The molecule has 0 atom stereocenters. The molecule has 0 bridgehead atoms. The van der Waals surface area contributed by atoms with Gasteiger partial charge in [0.2, 0.25) is 5.91 Å². The third-order valence-corrected chi connectivity index (χ3v) is 5.47. The van der Waals surface area contributed by atoms with Gasteiger partial charge in [-0.2, -0.15) is 0 Å². The van der Waals surface area contributed by atoms with E-state index < -0.39 is 0 Å². The van der Waals surface area contributed by atoms with Gasteiger partial charge in [0, 0.05) is 11.1 Å². The van der Waals surface area contributed by atoms with Crippen LogP contribution in [-0.4, -0.2) is 23.8 Å². The van der Waals surface area contributed by atoms with Crippen molar-refractivity contribution in [3.63, 3.8) is 0 Å². The average Bonchev–Trinajstić information content (AvgIpc) is 3.23. The van der Waals surface area contributed by atoms with Gasteiger partial charge in [-0.3, -0.25) is 4.79 Å². The van der Waals surface area contributed by atoms with Gasteiger partial charge in [-0.1, -0.05) is 78.5 Å². The molecule has 4 aromatic rings. The topological polar surface area (TPSA) is 64.4 Å². The minimum Gasteiger partial charge on any atom is -0.495 e. The van der Waals surface area contributed by atoms with E-state index in [-0.39, 0.29) is 11.7 Å². The number of aryl methyl sites for hydroxylation is 1. The minimum absolute atomic E-state index is 0.158. The van der Waals surface area contributed by atoms with E-state index in [2.05, 4.69) is 10.3 Å². The highest BCUT2D eigenvalue weighted by molar-refractivity contribution is 7.99. The van der Waals surface area contributed by atoms with E-state index in [4.69, 9.17) is 9.15 Å². The average molecular weight is 431 g/mol. The molecule has 0 radical (unpaired) electrons. The predicted octanol–water partition coefficient (Wildman–Crippen LogP) is 6.06. The monoisotopic (exact) mass is 430 g/mol. The Labute approximate surface area is 185 Å². The van der Waals surface area contributed by atoms with E-state index in [1.165, 1.54) is 11.8 Å². The summed E-state index contributed by atoms with van der Waals surface area (Å²) in [5.74, 6) is 1.32. The van der Waals surface area contributed by atoms with E-state index in [1.807, 2.05) is 85.8 Å². The number of anilines is 1. The van der Waals surface area contributed by atoms with Crippen LogP contribution in [0.4, 0.5) is 5.69 Å². The van der Waals surface area contributed by atoms with Gasteiger partial charge in [0.1, 0.15) is 11.4 Å². The fourth-order valence-electron chi connectivity index (χ4n) is 3.17. The largest absolute Gasteiger partial charge is 0.495 e. The van der Waals surface area contributed by atoms with Gasteiger partial charge in [-0.05, 0) is 24.6 Å². The molecule has 31 heavy (non-hydrogen) atoms. The summed E-state index contributed by atoms with van der Waals surface area (Å²) in [6.45, 7) is 1.97. The van der Waals surface area contributed by atoms with Crippen LogP contribution in [0.15, 0.2) is 88.5 Å². The van der Waals surface area contributed by atoms with Crippen molar-refractivity contribution < 1.29 is 13.9 Å². The molecule has 4 rings (SSSR count). The second-order valence-corrected chi connectivity index (χ2v) is 7.86. The van der Waals surface area contributed by atoms with Crippen LogP contribution >= 0.6 is 11.8 Å². The third-order valence-electron chi connectivity index (χ3n) is 4.65. The molecule has 0 fully saturated rings. The quantitative estimate of drug-likeness (QED) is 0.361. The number of hydrogen-bond donors (Lipinski definition) is 1. The van der Waals surface area contributed by atoms with Crippen molar-refractivity contribution in [3.8, 4) is 28.3 Å². The van der Waals surface area contributed by atoms with Gasteiger partial charge >= 0.3 is 0 Å². The number of nitrogens with one attached hydrogen (secondary N) is 1. The predicted molar refractivity (Wildman–Crippen MR) is 124 cm³/mol. The number of aromatic nitrogens is 1. The molecule has 0 saturated carbocycles. The first-order valence-corrected chi connectivity index (χ1v) is 10.8. The molecule has 0 spiro atoms. The SMILES string of the molecule is COc1ccc(C)cc1NC(=O)CSc1nc(-c2ccccc2)c(-c2ccccc2)o1. The highest BCUT2D eigenvalue weighted by atomic mass is 32.2. The molecule has 0 aliphatic rings. The Morgan fingerprint density at radius 2 is 1.68 bits per heavy atom. The summed E-state index contributed by atoms with van der Waals surface area (Å²) < 4.78 is 11.4. The number of amides is 1. The van der Waals surface area contributed by atoms with Crippen LogP contribution in [0.5, 0.6) is 5.75 Å². The standard InChI is InChI=1S/C25H22N2O3S/c1-17-13-14-21(29-2)20(15-17)26-22(28)16-31-25-27-23(18-9-5-3-6-10-18)24(30-25)19-11-7-4-8-12-19/h3-15H,16H2,1-2H3,(H,26,28). The first-order chi connectivity index (χ1) is 15.1. The molecular weight excluding hydrogens is 408 g/mol.